The first-order valence-corrected chi connectivity index (χ1v) is 10.9. The molecular formula is C26H26N4O4. The van der Waals surface area contributed by atoms with Crippen molar-refractivity contribution in [1.29, 1.82) is 0 Å². The van der Waals surface area contributed by atoms with Gasteiger partial charge in [-0.25, -0.2) is 0 Å². The van der Waals surface area contributed by atoms with Gasteiger partial charge in [-0.3, -0.25) is 20.4 Å². The molecular weight excluding hydrogens is 432 g/mol. The summed E-state index contributed by atoms with van der Waals surface area (Å²) in [6, 6.07) is 18.4. The maximum absolute atomic E-state index is 12.9. The van der Waals surface area contributed by atoms with Crippen LogP contribution in [0, 0.1) is 27.7 Å². The summed E-state index contributed by atoms with van der Waals surface area (Å²) in [5.74, 6) is 0.161. The molecule has 0 radical (unpaired) electrons. The highest BCUT2D eigenvalue weighted by atomic mass is 16.5. The molecule has 0 saturated heterocycles. The van der Waals surface area contributed by atoms with Gasteiger partial charge in [0.2, 0.25) is 0 Å². The summed E-state index contributed by atoms with van der Waals surface area (Å²) >= 11 is 0. The number of benzene rings is 2. The summed E-state index contributed by atoms with van der Waals surface area (Å²) in [5.41, 5.74) is 10.00. The molecule has 4 rings (SSSR count). The molecule has 0 saturated carbocycles. The standard InChI is InChI=1S/C26H26N4O4/c1-16-14-22(18(3)30(16)20-10-6-5-7-11-20)26(32)28-27-25(31)21-12-8-9-13-24(21)33-15-23-17(2)29-34-19(23)4/h5-14H,15H2,1-4H3,(H,27,31)(H,28,32). The van der Waals surface area contributed by atoms with E-state index in [1.54, 1.807) is 30.3 Å². The fraction of sp³-hybridized carbons (Fsp3) is 0.192. The number of rotatable bonds is 6. The second-order valence-corrected chi connectivity index (χ2v) is 7.95. The SMILES string of the molecule is Cc1noc(C)c1COc1ccccc1C(=O)NNC(=O)c1cc(C)n(-c2ccccc2)c1C. The van der Waals surface area contributed by atoms with Gasteiger partial charge in [0, 0.05) is 17.1 Å². The van der Waals surface area contributed by atoms with Crippen LogP contribution in [0.5, 0.6) is 5.75 Å². The zero-order valence-corrected chi connectivity index (χ0v) is 19.5. The Labute approximate surface area is 197 Å². The van der Waals surface area contributed by atoms with Gasteiger partial charge in [-0.1, -0.05) is 35.5 Å². The van der Waals surface area contributed by atoms with Gasteiger partial charge < -0.3 is 13.8 Å². The van der Waals surface area contributed by atoms with Gasteiger partial charge in [0.1, 0.15) is 18.1 Å². The highest BCUT2D eigenvalue weighted by molar-refractivity contribution is 6.01. The number of aryl methyl sites for hydroxylation is 3. The number of ether oxygens (including phenoxy) is 1. The number of carbonyl (C=O) groups is 2. The van der Waals surface area contributed by atoms with E-state index in [9.17, 15) is 9.59 Å². The number of amides is 2. The van der Waals surface area contributed by atoms with Crippen molar-refractivity contribution in [2.24, 2.45) is 0 Å². The fourth-order valence-electron chi connectivity index (χ4n) is 3.85. The molecule has 2 aromatic heterocycles. The number of nitrogens with zero attached hydrogens (tertiary/aromatic N) is 2. The predicted octanol–water partition coefficient (Wildman–Crippen LogP) is 4.35. The molecule has 0 unspecified atom stereocenters. The van der Waals surface area contributed by atoms with Crippen LogP contribution in [0.1, 0.15) is 49.1 Å². The van der Waals surface area contributed by atoms with Crippen LogP contribution in [-0.4, -0.2) is 21.5 Å². The third kappa shape index (κ3) is 4.56. The second-order valence-electron chi connectivity index (χ2n) is 7.95. The van der Waals surface area contributed by atoms with E-state index in [1.165, 1.54) is 0 Å². The molecule has 8 nitrogen and oxygen atoms in total. The van der Waals surface area contributed by atoms with E-state index in [2.05, 4.69) is 16.0 Å². The van der Waals surface area contributed by atoms with Crippen molar-refractivity contribution < 1.29 is 18.8 Å². The van der Waals surface area contributed by atoms with E-state index in [0.29, 0.717) is 22.6 Å². The van der Waals surface area contributed by atoms with Gasteiger partial charge in [0.25, 0.3) is 11.8 Å². The molecule has 2 N–H and O–H groups in total. The molecule has 4 aromatic rings. The highest BCUT2D eigenvalue weighted by Gasteiger charge is 2.19. The van der Waals surface area contributed by atoms with Crippen molar-refractivity contribution in [3.63, 3.8) is 0 Å². The molecule has 0 fully saturated rings. The summed E-state index contributed by atoms with van der Waals surface area (Å²) in [4.78, 5) is 25.7. The largest absolute Gasteiger partial charge is 0.488 e. The zero-order valence-electron chi connectivity index (χ0n) is 19.5. The first kappa shape index (κ1) is 22.8. The number of aromatic nitrogens is 2. The topological polar surface area (TPSA) is 98.4 Å². The summed E-state index contributed by atoms with van der Waals surface area (Å²) in [7, 11) is 0. The van der Waals surface area contributed by atoms with Crippen LogP contribution >= 0.6 is 0 Å². The first-order valence-electron chi connectivity index (χ1n) is 10.9. The van der Waals surface area contributed by atoms with E-state index < -0.39 is 11.8 Å². The molecule has 2 heterocycles. The lowest BCUT2D eigenvalue weighted by molar-refractivity contribution is 0.0843. The molecule has 34 heavy (non-hydrogen) atoms. The lowest BCUT2D eigenvalue weighted by Gasteiger charge is -2.13. The quantitative estimate of drug-likeness (QED) is 0.419. The minimum Gasteiger partial charge on any atom is -0.488 e. The normalized spacial score (nSPS) is 10.7. The van der Waals surface area contributed by atoms with Crippen molar-refractivity contribution in [2.45, 2.75) is 34.3 Å². The lowest BCUT2D eigenvalue weighted by Crippen LogP contribution is -2.41. The smallest absolute Gasteiger partial charge is 0.273 e. The minimum atomic E-state index is -0.487. The highest BCUT2D eigenvalue weighted by Crippen LogP contribution is 2.22. The summed E-state index contributed by atoms with van der Waals surface area (Å²) in [6.07, 6.45) is 0. The van der Waals surface area contributed by atoms with E-state index in [-0.39, 0.29) is 6.61 Å². The van der Waals surface area contributed by atoms with Gasteiger partial charge >= 0.3 is 0 Å². The Hall–Kier alpha value is -4.33. The predicted molar refractivity (Wildman–Crippen MR) is 127 cm³/mol. The van der Waals surface area contributed by atoms with Crippen LogP contribution in [0.2, 0.25) is 0 Å². The molecule has 0 atom stereocenters. The van der Waals surface area contributed by atoms with Gasteiger partial charge in [-0.15, -0.1) is 0 Å². The first-order chi connectivity index (χ1) is 16.4. The number of carbonyl (C=O) groups excluding carboxylic acids is 2. The fourth-order valence-corrected chi connectivity index (χ4v) is 3.85. The third-order valence-electron chi connectivity index (χ3n) is 5.66. The minimum absolute atomic E-state index is 0.212. The Morgan fingerprint density at radius 3 is 2.24 bits per heavy atom. The molecule has 8 heteroatoms. The lowest BCUT2D eigenvalue weighted by atomic mass is 10.2. The van der Waals surface area contributed by atoms with Crippen molar-refractivity contribution in [1.82, 2.24) is 20.6 Å². The van der Waals surface area contributed by atoms with E-state index in [1.807, 2.05) is 62.6 Å². The molecule has 0 bridgehead atoms. The van der Waals surface area contributed by atoms with Crippen molar-refractivity contribution in [3.8, 4) is 11.4 Å². The molecule has 0 aliphatic heterocycles. The van der Waals surface area contributed by atoms with Crippen LogP contribution < -0.4 is 15.6 Å². The van der Waals surface area contributed by atoms with Gasteiger partial charge in [0.15, 0.2) is 0 Å². The van der Waals surface area contributed by atoms with Crippen molar-refractivity contribution in [3.05, 3.63) is 100 Å². The zero-order chi connectivity index (χ0) is 24.2. The van der Waals surface area contributed by atoms with Crippen LogP contribution in [-0.2, 0) is 6.61 Å². The van der Waals surface area contributed by atoms with Crippen LogP contribution in [0.15, 0.2) is 65.2 Å². The van der Waals surface area contributed by atoms with Gasteiger partial charge in [0.05, 0.1) is 22.4 Å². The molecule has 2 aromatic carbocycles. The maximum Gasteiger partial charge on any atom is 0.273 e. The Kier molecular flexibility index (Phi) is 6.49. The molecule has 0 aliphatic carbocycles. The number of hydrazine groups is 1. The van der Waals surface area contributed by atoms with Crippen LogP contribution in [0.25, 0.3) is 5.69 Å². The summed E-state index contributed by atoms with van der Waals surface area (Å²) in [6.45, 7) is 7.65. The average Bonchev–Trinajstić information content (AvgIpc) is 3.33. The second kappa shape index (κ2) is 9.66. The Morgan fingerprint density at radius 1 is 0.912 bits per heavy atom. The monoisotopic (exact) mass is 458 g/mol. The van der Waals surface area contributed by atoms with Crippen molar-refractivity contribution in [2.75, 3.05) is 0 Å². The summed E-state index contributed by atoms with van der Waals surface area (Å²) in [5, 5.41) is 3.91. The number of hydrogen-bond acceptors (Lipinski definition) is 5. The Morgan fingerprint density at radius 2 is 1.56 bits per heavy atom. The molecule has 174 valence electrons. The molecule has 0 spiro atoms. The maximum atomic E-state index is 12.9. The van der Waals surface area contributed by atoms with Crippen LogP contribution in [0.4, 0.5) is 0 Å². The van der Waals surface area contributed by atoms with Gasteiger partial charge in [-0.2, -0.15) is 0 Å². The number of hydrogen-bond donors (Lipinski definition) is 2. The summed E-state index contributed by atoms with van der Waals surface area (Å²) < 4.78 is 13.0. The number of nitrogens with one attached hydrogen (secondary N) is 2. The third-order valence-corrected chi connectivity index (χ3v) is 5.66. The van der Waals surface area contributed by atoms with E-state index in [4.69, 9.17) is 9.26 Å². The number of para-hydroxylation sites is 2. The van der Waals surface area contributed by atoms with E-state index in [0.717, 1.165) is 28.3 Å². The van der Waals surface area contributed by atoms with Crippen LogP contribution in [0.3, 0.4) is 0 Å². The average molecular weight is 459 g/mol. The molecule has 0 aliphatic rings. The van der Waals surface area contributed by atoms with Gasteiger partial charge in [-0.05, 0) is 58.0 Å². The molecule has 2 amide bonds. The Bertz CT molecular complexity index is 1320. The Balaban J connectivity index is 1.45. The van der Waals surface area contributed by atoms with Crippen molar-refractivity contribution >= 4 is 11.8 Å². The van der Waals surface area contributed by atoms with E-state index >= 15 is 0 Å².